The number of aliphatic hydroxyl groups excluding tert-OH is 1. The van der Waals surface area contributed by atoms with Crippen molar-refractivity contribution in [2.45, 2.75) is 199 Å². The van der Waals surface area contributed by atoms with E-state index in [-0.39, 0.29) is 19.1 Å². The molecule has 0 saturated heterocycles. The Bertz CT molecular complexity index is 748. The first-order chi connectivity index (χ1) is 22.5. The molecule has 9 heteroatoms. The van der Waals surface area contributed by atoms with Crippen molar-refractivity contribution < 1.29 is 32.9 Å². The number of rotatable bonds is 36. The Balaban J connectivity index is 4.41. The number of hydrogen-bond acceptors (Lipinski definition) is 6. The Morgan fingerprint density at radius 2 is 1.04 bits per heavy atom. The average molecular weight is 691 g/mol. The van der Waals surface area contributed by atoms with Crippen LogP contribution in [0.15, 0.2) is 0 Å². The predicted octanol–water partition coefficient (Wildman–Crippen LogP) is 9.61. The van der Waals surface area contributed by atoms with Crippen LogP contribution < -0.4 is 10.2 Å². The molecule has 0 aromatic heterocycles. The van der Waals surface area contributed by atoms with Gasteiger partial charge in [-0.15, -0.1) is 0 Å². The van der Waals surface area contributed by atoms with Crippen LogP contribution in [0, 0.1) is 0 Å². The smallest absolute Gasteiger partial charge is 0.268 e. The zero-order valence-electron chi connectivity index (χ0n) is 31.8. The van der Waals surface area contributed by atoms with Gasteiger partial charge in [-0.05, 0) is 12.8 Å². The minimum Gasteiger partial charge on any atom is -0.756 e. The number of hydrogen-bond donors (Lipinski definition) is 2. The van der Waals surface area contributed by atoms with Crippen LogP contribution in [-0.2, 0) is 18.4 Å². The van der Waals surface area contributed by atoms with Crippen LogP contribution in [0.4, 0.5) is 0 Å². The number of carbonyl (C=O) groups excluding carboxylic acids is 1. The molecule has 0 aliphatic rings. The molecule has 2 N–H and O–H groups in total. The number of quaternary nitrogens is 1. The van der Waals surface area contributed by atoms with E-state index in [1.54, 1.807) is 0 Å². The third-order valence-corrected chi connectivity index (χ3v) is 10.1. The SMILES string of the molecule is CCCCCCCCCCCCCCCCC(=O)N[C@@H](COP(=O)([O-])OCC[N+](C)(C)C)[C@H](O)CCCCCCCCCCCCC. The fourth-order valence-corrected chi connectivity index (χ4v) is 6.59. The van der Waals surface area contributed by atoms with Crippen molar-refractivity contribution in [1.29, 1.82) is 0 Å². The monoisotopic (exact) mass is 691 g/mol. The molecule has 1 amide bonds. The minimum atomic E-state index is -4.55. The van der Waals surface area contributed by atoms with Gasteiger partial charge < -0.3 is 28.8 Å². The van der Waals surface area contributed by atoms with Crippen molar-refractivity contribution in [2.24, 2.45) is 0 Å². The molecule has 1 unspecified atom stereocenters. The summed E-state index contributed by atoms with van der Waals surface area (Å²) in [6.45, 7) is 4.71. The molecule has 47 heavy (non-hydrogen) atoms. The molecule has 0 rings (SSSR count). The number of nitrogens with one attached hydrogen (secondary N) is 1. The molecule has 0 aromatic carbocycles. The lowest BCUT2D eigenvalue weighted by Crippen LogP contribution is -2.46. The van der Waals surface area contributed by atoms with Gasteiger partial charge in [0.25, 0.3) is 7.82 Å². The summed E-state index contributed by atoms with van der Waals surface area (Å²) in [6, 6.07) is -0.790. The summed E-state index contributed by atoms with van der Waals surface area (Å²) < 4.78 is 23.2. The van der Waals surface area contributed by atoms with Crippen molar-refractivity contribution in [3.05, 3.63) is 0 Å². The first kappa shape index (κ1) is 46.5. The van der Waals surface area contributed by atoms with Crippen molar-refractivity contribution in [3.8, 4) is 0 Å². The topological polar surface area (TPSA) is 108 Å². The van der Waals surface area contributed by atoms with E-state index in [9.17, 15) is 19.4 Å². The van der Waals surface area contributed by atoms with E-state index in [0.29, 0.717) is 23.9 Å². The van der Waals surface area contributed by atoms with E-state index in [1.165, 1.54) is 122 Å². The van der Waals surface area contributed by atoms with E-state index in [1.807, 2.05) is 21.1 Å². The van der Waals surface area contributed by atoms with Crippen LogP contribution in [0.2, 0.25) is 0 Å². The van der Waals surface area contributed by atoms with Gasteiger partial charge in [-0.25, -0.2) is 0 Å². The summed E-state index contributed by atoms with van der Waals surface area (Å²) in [5.41, 5.74) is 0. The van der Waals surface area contributed by atoms with E-state index < -0.39 is 20.0 Å². The summed E-state index contributed by atoms with van der Waals surface area (Å²) in [6.07, 6.45) is 30.9. The van der Waals surface area contributed by atoms with E-state index >= 15 is 0 Å². The quantitative estimate of drug-likeness (QED) is 0.0385. The highest BCUT2D eigenvalue weighted by atomic mass is 31.2. The van der Waals surface area contributed by atoms with Crippen LogP contribution in [0.25, 0.3) is 0 Å². The highest BCUT2D eigenvalue weighted by Gasteiger charge is 2.24. The molecular formula is C38H79N2O6P. The van der Waals surface area contributed by atoms with Gasteiger partial charge in [0.1, 0.15) is 13.2 Å². The molecular weight excluding hydrogens is 611 g/mol. The molecule has 0 aliphatic carbocycles. The van der Waals surface area contributed by atoms with Gasteiger partial charge in [0.15, 0.2) is 0 Å². The molecule has 3 atom stereocenters. The summed E-state index contributed by atoms with van der Waals surface area (Å²) in [4.78, 5) is 25.2. The summed E-state index contributed by atoms with van der Waals surface area (Å²) in [5.74, 6) is -0.165. The molecule has 0 fully saturated rings. The second-order valence-electron chi connectivity index (χ2n) is 15.0. The van der Waals surface area contributed by atoms with Gasteiger partial charge >= 0.3 is 0 Å². The molecule has 0 radical (unpaired) electrons. The molecule has 8 nitrogen and oxygen atoms in total. The molecule has 0 saturated carbocycles. The molecule has 0 aromatic rings. The molecule has 282 valence electrons. The van der Waals surface area contributed by atoms with E-state index in [4.69, 9.17) is 9.05 Å². The number of phosphoric ester groups is 1. The number of nitrogens with zero attached hydrogens (tertiary/aromatic N) is 1. The van der Waals surface area contributed by atoms with Crippen molar-refractivity contribution >= 4 is 13.7 Å². The fourth-order valence-electron chi connectivity index (χ4n) is 5.86. The second kappa shape index (κ2) is 31.5. The lowest BCUT2D eigenvalue weighted by Gasteiger charge is -2.30. The van der Waals surface area contributed by atoms with Gasteiger partial charge in [-0.3, -0.25) is 9.36 Å². The maximum Gasteiger partial charge on any atom is 0.268 e. The maximum atomic E-state index is 12.8. The van der Waals surface area contributed by atoms with Crippen LogP contribution in [-0.4, -0.2) is 68.5 Å². The maximum absolute atomic E-state index is 12.8. The summed E-state index contributed by atoms with van der Waals surface area (Å²) in [5, 5.41) is 13.8. The lowest BCUT2D eigenvalue weighted by molar-refractivity contribution is -0.870. The predicted molar refractivity (Wildman–Crippen MR) is 196 cm³/mol. The first-order valence-electron chi connectivity index (χ1n) is 19.9. The van der Waals surface area contributed by atoms with Crippen molar-refractivity contribution in [1.82, 2.24) is 5.32 Å². The third-order valence-electron chi connectivity index (χ3n) is 9.10. The van der Waals surface area contributed by atoms with Crippen LogP contribution in [0.3, 0.4) is 0 Å². The Morgan fingerprint density at radius 3 is 1.45 bits per heavy atom. The number of amides is 1. The second-order valence-corrected chi connectivity index (χ2v) is 16.4. The number of aliphatic hydroxyl groups is 1. The molecule has 0 bridgehead atoms. The van der Waals surface area contributed by atoms with E-state index in [0.717, 1.165) is 38.5 Å². The number of phosphoric acid groups is 1. The zero-order valence-corrected chi connectivity index (χ0v) is 32.6. The average Bonchev–Trinajstić information content (AvgIpc) is 3.01. The third kappa shape index (κ3) is 33.8. The normalized spacial score (nSPS) is 14.6. The summed E-state index contributed by atoms with van der Waals surface area (Å²) >= 11 is 0. The largest absolute Gasteiger partial charge is 0.756 e. The van der Waals surface area contributed by atoms with Crippen LogP contribution in [0.1, 0.15) is 187 Å². The molecule has 0 heterocycles. The number of likely N-dealkylation sites (N-methyl/N-ethyl adjacent to an activating group) is 1. The Labute approximate surface area is 291 Å². The highest BCUT2D eigenvalue weighted by Crippen LogP contribution is 2.38. The van der Waals surface area contributed by atoms with Crippen LogP contribution in [0.5, 0.6) is 0 Å². The van der Waals surface area contributed by atoms with Crippen LogP contribution >= 0.6 is 7.82 Å². The summed E-state index contributed by atoms with van der Waals surface area (Å²) in [7, 11) is 1.31. The Hall–Kier alpha value is -0.500. The van der Waals surface area contributed by atoms with Gasteiger partial charge in [0.05, 0.1) is 39.9 Å². The molecule has 0 spiro atoms. The van der Waals surface area contributed by atoms with E-state index in [2.05, 4.69) is 19.2 Å². The van der Waals surface area contributed by atoms with Crippen molar-refractivity contribution in [2.75, 3.05) is 40.9 Å². The fraction of sp³-hybridized carbons (Fsp3) is 0.974. The standard InChI is InChI=1S/C38H79N2O6P/c1-6-8-10-12-14-16-18-19-20-22-24-26-28-30-32-38(42)39-36(35-46-47(43,44)45-34-33-40(3,4)5)37(41)31-29-27-25-23-21-17-15-13-11-9-7-2/h36-37,41H,6-35H2,1-5H3,(H-,39,42,43,44)/t36-,37+/m0/s1. The Kier molecular flexibility index (Phi) is 31.1. The molecule has 0 aliphatic heterocycles. The number of unbranched alkanes of at least 4 members (excludes halogenated alkanes) is 23. The zero-order chi connectivity index (χ0) is 35.1. The number of carbonyl (C=O) groups is 1. The van der Waals surface area contributed by atoms with Gasteiger partial charge in [0, 0.05) is 6.42 Å². The minimum absolute atomic E-state index is 0.0156. The first-order valence-corrected chi connectivity index (χ1v) is 21.3. The van der Waals surface area contributed by atoms with Gasteiger partial charge in [-0.2, -0.15) is 0 Å². The lowest BCUT2D eigenvalue weighted by atomic mass is 10.0. The van der Waals surface area contributed by atoms with Gasteiger partial charge in [0.2, 0.25) is 5.91 Å². The Morgan fingerprint density at radius 1 is 0.660 bits per heavy atom. The van der Waals surface area contributed by atoms with Crippen molar-refractivity contribution in [3.63, 3.8) is 0 Å². The van der Waals surface area contributed by atoms with Gasteiger partial charge in [-0.1, -0.05) is 168 Å². The highest BCUT2D eigenvalue weighted by molar-refractivity contribution is 7.45.